The van der Waals surface area contributed by atoms with Gasteiger partial charge in [-0.05, 0) is 79.5 Å². The number of amides is 10. The number of primary amides is 1. The highest BCUT2D eigenvalue weighted by atomic mass is 32.2. The first-order valence-corrected chi connectivity index (χ1v) is 41.2. The topological polar surface area (TPSA) is 427 Å². The molecule has 3 aliphatic heterocycles. The molecule has 0 aromatic heterocycles. The Morgan fingerprint density at radius 3 is 1.79 bits per heavy atom. The van der Waals surface area contributed by atoms with Crippen LogP contribution < -0.4 is 37.6 Å². The monoisotopic (exact) mass is 1600 g/mol. The van der Waals surface area contributed by atoms with E-state index >= 15 is 0 Å². The second kappa shape index (κ2) is 45.3. The molecule has 16 atom stereocenters. The van der Waals surface area contributed by atoms with Crippen LogP contribution in [-0.4, -0.2) is 248 Å². The number of carboxylic acid groups (broad SMARTS) is 2. The molecule has 109 heavy (non-hydrogen) atoms. The van der Waals surface area contributed by atoms with Gasteiger partial charge >= 0.3 is 24.1 Å². The standard InChI is InChI=1S/C75H114N10O20S4/c1-15-43(8)60(55(102-13)33-57(89)85-30-20-24-52(85)62(103-14)44(9)67(91)80-45(10)61(90)47-21-17-16-18-22-47)83(11)71(95)51(40(2)3)32-54(87)59(42(6)7)84(12)75(101)105-36-46-25-27-49(28-26-46)81-68(92)48(23-19-29-77-74(76)100)31-53(86)58(41(4)5)82-56(88)37-104-50(34-78-69(93)63-65(72(96)97)108-38-106-63)35-79-70(94)64-66(73(98)99)109-39-107-64/h16-18,21-22,25-28,40-45,48,50-52,55,58-66,90H,15,19-20,23-24,29-39H2,1-14H3,(H,78,93)(H,79,94)(H,80,91)(H,81,92)(H,82,88)(H,96,97)(H,98,99)(H3,76,77,100)/t43-,44+,45+,48+,50?,51-,52-,55+,58-,59-,60-,61+,62+,63?,64?,65?,66?/m0/s1. The van der Waals surface area contributed by atoms with E-state index in [1.54, 1.807) is 94.8 Å². The van der Waals surface area contributed by atoms with Crippen molar-refractivity contribution in [2.75, 3.05) is 76.6 Å². The number of nitrogens with zero attached hydrogens (tertiary/aromatic N) is 3. The van der Waals surface area contributed by atoms with Crippen LogP contribution in [0.1, 0.15) is 138 Å². The molecule has 10 amide bonds. The SMILES string of the molecule is CC[C@H](C)[C@@H]([C@@H](CC(=O)N1CCC[C@H]1[C@H](OC)[C@@H](C)C(=O)N[C@H](C)[C@@H](O)c1ccccc1)OC)N(C)C(=O)[C@@H](CC(=O)[C@H](C(C)C)N(C)C(=O)OCc1ccc(NC(=O)[C@H](CCCNC(N)=O)CC(=O)[C@@H](NC(=O)COC(CNC(=O)C2SCSC2C(=O)O)CNC(=O)C2SCSC2C(=O)O)C(C)C)cc1)C(C)C. The van der Waals surface area contributed by atoms with Gasteiger partial charge in [0.15, 0.2) is 11.6 Å². The number of methoxy groups -OCH3 is 2. The zero-order valence-electron chi connectivity index (χ0n) is 64.9. The number of hydrogen-bond donors (Lipinski definition) is 10. The Labute approximate surface area is 656 Å². The van der Waals surface area contributed by atoms with Gasteiger partial charge in [0.2, 0.25) is 41.4 Å². The van der Waals surface area contributed by atoms with Crippen molar-refractivity contribution in [3.63, 3.8) is 0 Å². The highest BCUT2D eigenvalue weighted by molar-refractivity contribution is 8.21. The number of urea groups is 1. The summed E-state index contributed by atoms with van der Waals surface area (Å²) in [4.78, 5) is 180. The van der Waals surface area contributed by atoms with Crippen molar-refractivity contribution in [3.8, 4) is 0 Å². The molecule has 0 saturated carbocycles. The molecule has 2 aromatic rings. The third-order valence-corrected chi connectivity index (χ3v) is 26.1. The maximum Gasteiger partial charge on any atom is 0.410 e. The molecule has 2 aromatic carbocycles. The third-order valence-electron chi connectivity index (χ3n) is 20.2. The summed E-state index contributed by atoms with van der Waals surface area (Å²) < 4.78 is 23.7. The van der Waals surface area contributed by atoms with Crippen LogP contribution in [0.4, 0.5) is 15.3 Å². The zero-order valence-corrected chi connectivity index (χ0v) is 68.2. The van der Waals surface area contributed by atoms with Crippen molar-refractivity contribution in [2.45, 2.75) is 203 Å². The number of likely N-dealkylation sites (tertiary alicyclic amines) is 1. The molecule has 0 aliphatic carbocycles. The first-order chi connectivity index (χ1) is 51.6. The molecule has 608 valence electrons. The van der Waals surface area contributed by atoms with E-state index in [9.17, 15) is 77.6 Å². The van der Waals surface area contributed by atoms with Crippen molar-refractivity contribution in [1.29, 1.82) is 0 Å². The fraction of sp³-hybridized carbons (Fsp3) is 0.667. The average Bonchev–Trinajstić information content (AvgIpc) is 1.80. The van der Waals surface area contributed by atoms with Crippen LogP contribution in [0.25, 0.3) is 0 Å². The number of thioether (sulfide) groups is 4. The highest BCUT2D eigenvalue weighted by Gasteiger charge is 2.46. The van der Waals surface area contributed by atoms with Crippen molar-refractivity contribution in [3.05, 3.63) is 65.7 Å². The number of carbonyl (C=O) groups excluding carboxylic acids is 11. The van der Waals surface area contributed by atoms with Crippen LogP contribution in [0.5, 0.6) is 0 Å². The molecule has 4 unspecified atom stereocenters. The maximum absolute atomic E-state index is 14.9. The molecule has 0 radical (unpaired) electrons. The summed E-state index contributed by atoms with van der Waals surface area (Å²) in [5, 5.41) is 43.3. The Morgan fingerprint density at radius 1 is 0.679 bits per heavy atom. The number of Topliss-reactive ketones (excluding diaryl/α,β-unsaturated/α-hetero) is 2. The number of aliphatic hydroxyl groups is 1. The van der Waals surface area contributed by atoms with Gasteiger partial charge in [-0.2, -0.15) is 0 Å². The van der Waals surface area contributed by atoms with Gasteiger partial charge in [-0.3, -0.25) is 52.7 Å². The van der Waals surface area contributed by atoms with Crippen molar-refractivity contribution >= 4 is 130 Å². The molecule has 30 nitrogen and oxygen atoms in total. The normalized spacial score (nSPS) is 20.3. The summed E-state index contributed by atoms with van der Waals surface area (Å²) in [7, 11) is 6.13. The molecular weight excluding hydrogens is 1490 g/mol. The number of hydrogen-bond acceptors (Lipinski definition) is 22. The van der Waals surface area contributed by atoms with Crippen LogP contribution in [0.2, 0.25) is 0 Å². The van der Waals surface area contributed by atoms with E-state index in [4.69, 9.17) is 24.7 Å². The largest absolute Gasteiger partial charge is 0.480 e. The molecule has 11 N–H and O–H groups in total. The summed E-state index contributed by atoms with van der Waals surface area (Å²) in [6.45, 7) is 17.1. The smallest absolute Gasteiger partial charge is 0.410 e. The molecular formula is C75H114N10O20S4. The molecule has 5 rings (SSSR count). The van der Waals surface area contributed by atoms with E-state index in [0.717, 1.165) is 47.0 Å². The predicted molar refractivity (Wildman–Crippen MR) is 418 cm³/mol. The summed E-state index contributed by atoms with van der Waals surface area (Å²) >= 11 is 4.49. The number of aliphatic hydroxyl groups excluding tert-OH is 1. The van der Waals surface area contributed by atoms with Gasteiger partial charge in [0.25, 0.3) is 0 Å². The fourth-order valence-corrected chi connectivity index (χ4v) is 19.7. The second-order valence-electron chi connectivity index (χ2n) is 29.1. The van der Waals surface area contributed by atoms with E-state index in [1.165, 1.54) is 26.2 Å². The highest BCUT2D eigenvalue weighted by Crippen LogP contribution is 2.39. The molecule has 0 spiro atoms. The first-order valence-electron chi connectivity index (χ1n) is 37.0. The summed E-state index contributed by atoms with van der Waals surface area (Å²) in [5.41, 5.74) is 6.77. The number of anilines is 1. The number of carbonyl (C=O) groups is 13. The van der Waals surface area contributed by atoms with Crippen LogP contribution in [0.3, 0.4) is 0 Å². The van der Waals surface area contributed by atoms with Crippen LogP contribution in [-0.2, 0) is 78.3 Å². The zero-order chi connectivity index (χ0) is 81.1. The van der Waals surface area contributed by atoms with Crippen molar-refractivity contribution in [1.82, 2.24) is 41.3 Å². The Balaban J connectivity index is 1.20. The van der Waals surface area contributed by atoms with Crippen LogP contribution in [0.15, 0.2) is 54.6 Å². The number of likely N-dealkylation sites (N-methyl/N-ethyl adjacent to an activating group) is 2. The average molecular weight is 1600 g/mol. The molecule has 34 heteroatoms. The molecule has 0 bridgehead atoms. The third kappa shape index (κ3) is 27.3. The minimum atomic E-state index is -1.16. The lowest BCUT2D eigenvalue weighted by molar-refractivity contribution is -0.149. The van der Waals surface area contributed by atoms with E-state index in [1.807, 2.05) is 45.9 Å². The fourth-order valence-electron chi connectivity index (χ4n) is 13.9. The van der Waals surface area contributed by atoms with Gasteiger partial charge < -0.3 is 86.6 Å². The second-order valence-corrected chi connectivity index (χ2v) is 34.3. The molecule has 3 heterocycles. The Morgan fingerprint density at radius 2 is 1.27 bits per heavy atom. The van der Waals surface area contributed by atoms with Gasteiger partial charge in [-0.1, -0.05) is 111 Å². The van der Waals surface area contributed by atoms with E-state index in [0.29, 0.717) is 52.8 Å². The van der Waals surface area contributed by atoms with E-state index < -0.39 is 165 Å². The lowest BCUT2D eigenvalue weighted by Gasteiger charge is -2.41. The quantitative estimate of drug-likeness (QED) is 0.0344. The number of nitrogens with one attached hydrogen (secondary N) is 6. The van der Waals surface area contributed by atoms with Gasteiger partial charge in [0.1, 0.15) is 34.2 Å². The first kappa shape index (κ1) is 92.4. The minimum Gasteiger partial charge on any atom is -0.480 e. The molecule has 3 saturated heterocycles. The lowest BCUT2D eigenvalue weighted by Crippen LogP contribution is -2.55. The number of carboxylic acids is 2. The number of rotatable bonds is 45. The van der Waals surface area contributed by atoms with Crippen molar-refractivity contribution < 1.29 is 96.6 Å². The Bertz CT molecular complexity index is 3350. The number of ether oxygens (including phenoxy) is 4. The Kier molecular flexibility index (Phi) is 38.4. The van der Waals surface area contributed by atoms with Gasteiger partial charge in [-0.25, -0.2) is 9.59 Å². The van der Waals surface area contributed by atoms with Gasteiger partial charge in [0, 0.05) is 95.0 Å². The summed E-state index contributed by atoms with van der Waals surface area (Å²) in [6, 6.07) is 10.7. The maximum atomic E-state index is 14.9. The van der Waals surface area contributed by atoms with Crippen LogP contribution in [0, 0.1) is 41.4 Å². The number of aliphatic carboxylic acids is 2. The molecule has 3 aliphatic rings. The summed E-state index contributed by atoms with van der Waals surface area (Å²) in [6.07, 6.45) is -2.79. The van der Waals surface area contributed by atoms with E-state index in [-0.39, 0.29) is 93.7 Å². The van der Waals surface area contributed by atoms with Crippen LogP contribution >= 0.6 is 47.0 Å². The van der Waals surface area contributed by atoms with Gasteiger partial charge in [-0.15, -0.1) is 47.0 Å². The number of nitrogens with two attached hydrogens (primary N) is 1. The summed E-state index contributed by atoms with van der Waals surface area (Å²) in [5.74, 6) is -10.6. The van der Waals surface area contributed by atoms with Gasteiger partial charge in [0.05, 0.1) is 67.0 Å². The van der Waals surface area contributed by atoms with Crippen molar-refractivity contribution in [2.24, 2.45) is 47.2 Å². The number of benzene rings is 2. The Hall–Kier alpha value is -7.21. The lowest BCUT2D eigenvalue weighted by atomic mass is 9.83. The number of ketones is 2. The molecule has 3 fully saturated rings. The minimum absolute atomic E-state index is 0.0775. The van der Waals surface area contributed by atoms with E-state index in [2.05, 4.69) is 31.9 Å². The predicted octanol–water partition coefficient (Wildman–Crippen LogP) is 5.91.